The Kier molecular flexibility index (Phi) is 23.1. The fraction of sp³-hybridized carbons (Fsp3) is 0.966. The van der Waals surface area contributed by atoms with E-state index in [0.29, 0.717) is 17.6 Å². The predicted molar refractivity (Wildman–Crippen MR) is 136 cm³/mol. The monoisotopic (exact) mass is 422 g/mol. The molecule has 30 heavy (non-hydrogen) atoms. The fourth-order valence-corrected chi connectivity index (χ4v) is 4.81. The van der Waals surface area contributed by atoms with Gasteiger partial charge in [0.05, 0.1) is 0 Å². The van der Waals surface area contributed by atoms with Crippen LogP contribution in [0.15, 0.2) is 0 Å². The Hall–Kier alpha value is -0.330. The van der Waals surface area contributed by atoms with Crippen molar-refractivity contribution in [3.05, 3.63) is 0 Å². The molecule has 0 fully saturated rings. The SMILES string of the molecule is CCCCCCCC(CCCCCC)C(=O)C(CCCCCC)CCCCCCC. The average Bonchev–Trinajstić information content (AvgIpc) is 2.76. The van der Waals surface area contributed by atoms with Gasteiger partial charge in [-0.05, 0) is 25.7 Å². The van der Waals surface area contributed by atoms with E-state index in [-0.39, 0.29) is 0 Å². The molecule has 180 valence electrons. The van der Waals surface area contributed by atoms with Gasteiger partial charge < -0.3 is 0 Å². The van der Waals surface area contributed by atoms with Gasteiger partial charge in [0.15, 0.2) is 0 Å². The molecule has 0 saturated carbocycles. The zero-order chi connectivity index (χ0) is 22.3. The van der Waals surface area contributed by atoms with E-state index < -0.39 is 0 Å². The minimum absolute atomic E-state index is 0.357. The van der Waals surface area contributed by atoms with Crippen LogP contribution in [0.3, 0.4) is 0 Å². The number of hydrogen-bond donors (Lipinski definition) is 0. The van der Waals surface area contributed by atoms with Crippen LogP contribution < -0.4 is 0 Å². The van der Waals surface area contributed by atoms with E-state index in [1.54, 1.807) is 0 Å². The van der Waals surface area contributed by atoms with Gasteiger partial charge >= 0.3 is 0 Å². The normalized spacial score (nSPS) is 13.5. The molecule has 0 aliphatic heterocycles. The second kappa shape index (κ2) is 23.3. The molecule has 0 spiro atoms. The molecule has 1 nitrogen and oxygen atoms in total. The molecule has 0 rings (SSSR count). The third-order valence-corrected chi connectivity index (χ3v) is 6.93. The molecule has 0 heterocycles. The third kappa shape index (κ3) is 17.4. The Morgan fingerprint density at radius 2 is 0.633 bits per heavy atom. The summed E-state index contributed by atoms with van der Waals surface area (Å²) >= 11 is 0. The van der Waals surface area contributed by atoms with Crippen LogP contribution in [0.4, 0.5) is 0 Å². The average molecular weight is 423 g/mol. The van der Waals surface area contributed by atoms with Gasteiger partial charge in [-0.1, -0.05) is 143 Å². The molecule has 0 amide bonds. The van der Waals surface area contributed by atoms with Crippen LogP contribution in [0.2, 0.25) is 0 Å². The molecule has 0 aromatic carbocycles. The molecular weight excluding hydrogens is 364 g/mol. The molecule has 0 aliphatic rings. The van der Waals surface area contributed by atoms with Crippen molar-refractivity contribution < 1.29 is 4.79 Å². The van der Waals surface area contributed by atoms with Crippen molar-refractivity contribution in [1.29, 1.82) is 0 Å². The Bertz CT molecular complexity index is 316. The Balaban J connectivity index is 4.74. The quantitative estimate of drug-likeness (QED) is 0.141. The molecule has 0 saturated heterocycles. The van der Waals surface area contributed by atoms with Crippen LogP contribution in [-0.4, -0.2) is 5.78 Å². The summed E-state index contributed by atoms with van der Waals surface area (Å²) in [6.07, 6.45) is 28.2. The summed E-state index contributed by atoms with van der Waals surface area (Å²) < 4.78 is 0. The molecule has 0 bridgehead atoms. The number of Topliss-reactive ketones (excluding diaryl/α,β-unsaturated/α-hetero) is 1. The van der Waals surface area contributed by atoms with Crippen LogP contribution in [0, 0.1) is 11.8 Å². The lowest BCUT2D eigenvalue weighted by atomic mass is 9.80. The summed E-state index contributed by atoms with van der Waals surface area (Å²) in [5.74, 6) is 1.37. The maximum atomic E-state index is 13.6. The van der Waals surface area contributed by atoms with E-state index in [4.69, 9.17) is 0 Å². The Labute approximate surface area is 191 Å². The molecule has 2 unspecified atom stereocenters. The van der Waals surface area contributed by atoms with Gasteiger partial charge in [0.25, 0.3) is 0 Å². The molecule has 1 heteroatoms. The van der Waals surface area contributed by atoms with E-state index in [9.17, 15) is 4.79 Å². The first-order valence-electron chi connectivity index (χ1n) is 14.2. The van der Waals surface area contributed by atoms with E-state index in [1.807, 2.05) is 0 Å². The molecule has 0 N–H and O–H groups in total. The highest BCUT2D eigenvalue weighted by atomic mass is 16.1. The van der Waals surface area contributed by atoms with Crippen LogP contribution in [0.25, 0.3) is 0 Å². The lowest BCUT2D eigenvalue weighted by Gasteiger charge is -2.23. The van der Waals surface area contributed by atoms with E-state index in [2.05, 4.69) is 27.7 Å². The summed E-state index contributed by atoms with van der Waals surface area (Å²) in [7, 11) is 0. The summed E-state index contributed by atoms with van der Waals surface area (Å²) in [6, 6.07) is 0. The highest BCUT2D eigenvalue weighted by molar-refractivity contribution is 5.83. The number of rotatable bonds is 24. The highest BCUT2D eigenvalue weighted by Crippen LogP contribution is 2.28. The first kappa shape index (κ1) is 29.7. The van der Waals surface area contributed by atoms with Crippen molar-refractivity contribution in [2.24, 2.45) is 11.8 Å². The molecule has 0 aliphatic carbocycles. The Morgan fingerprint density at radius 3 is 0.900 bits per heavy atom. The molecule has 0 aromatic heterocycles. The predicted octanol–water partition coefficient (Wildman–Crippen LogP) is 10.4. The van der Waals surface area contributed by atoms with E-state index >= 15 is 0 Å². The van der Waals surface area contributed by atoms with Gasteiger partial charge in [0.2, 0.25) is 0 Å². The van der Waals surface area contributed by atoms with Crippen molar-refractivity contribution in [3.8, 4) is 0 Å². The standard InChI is InChI=1S/C29H58O/c1-5-9-13-17-21-25-27(23-19-15-11-7-3)29(30)28(24-20-16-12-8-4)26-22-18-14-10-6-2/h27-28H,5-26H2,1-4H3. The number of carbonyl (C=O) groups is 1. The third-order valence-electron chi connectivity index (χ3n) is 6.93. The highest BCUT2D eigenvalue weighted by Gasteiger charge is 2.25. The van der Waals surface area contributed by atoms with Crippen molar-refractivity contribution in [1.82, 2.24) is 0 Å². The van der Waals surface area contributed by atoms with Crippen molar-refractivity contribution in [2.75, 3.05) is 0 Å². The maximum absolute atomic E-state index is 13.6. The fourth-order valence-electron chi connectivity index (χ4n) is 4.81. The summed E-state index contributed by atoms with van der Waals surface area (Å²) in [5, 5.41) is 0. The van der Waals surface area contributed by atoms with Crippen LogP contribution >= 0.6 is 0 Å². The van der Waals surface area contributed by atoms with Crippen molar-refractivity contribution in [3.63, 3.8) is 0 Å². The van der Waals surface area contributed by atoms with Gasteiger partial charge in [-0.2, -0.15) is 0 Å². The largest absolute Gasteiger partial charge is 0.299 e. The van der Waals surface area contributed by atoms with Crippen molar-refractivity contribution >= 4 is 5.78 Å². The van der Waals surface area contributed by atoms with Crippen LogP contribution in [0.5, 0.6) is 0 Å². The van der Waals surface area contributed by atoms with Gasteiger partial charge in [-0.25, -0.2) is 0 Å². The first-order valence-corrected chi connectivity index (χ1v) is 14.2. The molecule has 2 atom stereocenters. The number of hydrogen-bond acceptors (Lipinski definition) is 1. The number of carbonyl (C=O) groups excluding carboxylic acids is 1. The lowest BCUT2D eigenvalue weighted by Crippen LogP contribution is -2.24. The van der Waals surface area contributed by atoms with Crippen molar-refractivity contribution in [2.45, 2.75) is 169 Å². The second-order valence-corrected chi connectivity index (χ2v) is 9.90. The molecular formula is C29H58O. The zero-order valence-corrected chi connectivity index (χ0v) is 21.6. The van der Waals surface area contributed by atoms with E-state index in [1.165, 1.54) is 116 Å². The van der Waals surface area contributed by atoms with Gasteiger partial charge in [-0.3, -0.25) is 4.79 Å². The minimum atomic E-state index is 0.357. The summed E-state index contributed by atoms with van der Waals surface area (Å²) in [6.45, 7) is 9.12. The van der Waals surface area contributed by atoms with Gasteiger partial charge in [-0.15, -0.1) is 0 Å². The lowest BCUT2D eigenvalue weighted by molar-refractivity contribution is -0.128. The second-order valence-electron chi connectivity index (χ2n) is 9.90. The van der Waals surface area contributed by atoms with Crippen LogP contribution in [-0.2, 0) is 4.79 Å². The smallest absolute Gasteiger partial charge is 0.139 e. The Morgan fingerprint density at radius 1 is 0.400 bits per heavy atom. The van der Waals surface area contributed by atoms with Crippen LogP contribution in [0.1, 0.15) is 169 Å². The van der Waals surface area contributed by atoms with E-state index in [0.717, 1.165) is 25.7 Å². The zero-order valence-electron chi connectivity index (χ0n) is 21.6. The van der Waals surface area contributed by atoms with Gasteiger partial charge in [0.1, 0.15) is 5.78 Å². The van der Waals surface area contributed by atoms with Gasteiger partial charge in [0, 0.05) is 11.8 Å². The summed E-state index contributed by atoms with van der Waals surface area (Å²) in [4.78, 5) is 13.6. The number of ketones is 1. The molecule has 0 aromatic rings. The first-order chi connectivity index (χ1) is 14.7. The summed E-state index contributed by atoms with van der Waals surface area (Å²) in [5.41, 5.74) is 0. The number of unbranched alkanes of at least 4 members (excludes halogenated alkanes) is 14. The maximum Gasteiger partial charge on any atom is 0.139 e. The topological polar surface area (TPSA) is 17.1 Å². The molecule has 0 radical (unpaired) electrons. The minimum Gasteiger partial charge on any atom is -0.299 e.